The van der Waals surface area contributed by atoms with E-state index in [1.807, 2.05) is 0 Å². The molecular weight excluding hydrogens is 236 g/mol. The second kappa shape index (κ2) is 3.87. The summed E-state index contributed by atoms with van der Waals surface area (Å²) in [6.45, 7) is 1.67. The third kappa shape index (κ3) is 2.30. The molecule has 0 amide bonds. The molecule has 0 aliphatic heterocycles. The predicted molar refractivity (Wildman–Crippen MR) is 53.7 cm³/mol. The summed E-state index contributed by atoms with van der Waals surface area (Å²) in [5.41, 5.74) is -0.559. The number of aryl methyl sites for hydroxylation is 1. The summed E-state index contributed by atoms with van der Waals surface area (Å²) < 4.78 is 51.0. The van der Waals surface area contributed by atoms with Gasteiger partial charge in [-0.05, 0) is 25.1 Å². The van der Waals surface area contributed by atoms with Gasteiger partial charge < -0.3 is 4.98 Å². The van der Waals surface area contributed by atoms with Crippen LogP contribution in [0.3, 0.4) is 0 Å². The van der Waals surface area contributed by atoms with Crippen molar-refractivity contribution in [2.24, 2.45) is 0 Å². The van der Waals surface area contributed by atoms with Gasteiger partial charge in [-0.15, -0.1) is 0 Å². The highest BCUT2D eigenvalue weighted by atomic mass is 19.4. The minimum Gasteiger partial charge on any atom is -0.342 e. The minimum absolute atomic E-state index is 0.0785. The van der Waals surface area contributed by atoms with Gasteiger partial charge in [-0.3, -0.25) is 0 Å². The molecule has 2 aromatic rings. The monoisotopic (exact) mass is 244 g/mol. The number of imidazole rings is 1. The molecule has 0 radical (unpaired) electrons. The van der Waals surface area contributed by atoms with E-state index in [2.05, 4.69) is 9.97 Å². The molecule has 1 heterocycles. The van der Waals surface area contributed by atoms with Crippen LogP contribution in [0.25, 0.3) is 11.4 Å². The average molecular weight is 244 g/mol. The second-order valence-corrected chi connectivity index (χ2v) is 3.60. The smallest absolute Gasteiger partial charge is 0.342 e. The highest BCUT2D eigenvalue weighted by Gasteiger charge is 2.34. The Hall–Kier alpha value is -1.85. The van der Waals surface area contributed by atoms with Crippen LogP contribution >= 0.6 is 0 Å². The number of aromatic nitrogens is 2. The van der Waals surface area contributed by atoms with Gasteiger partial charge in [0.05, 0.1) is 5.56 Å². The third-order valence-corrected chi connectivity index (χ3v) is 2.25. The normalized spacial score (nSPS) is 11.8. The summed E-state index contributed by atoms with van der Waals surface area (Å²) in [7, 11) is 0. The number of hydrogen-bond acceptors (Lipinski definition) is 1. The van der Waals surface area contributed by atoms with Crippen LogP contribution in [0.5, 0.6) is 0 Å². The molecule has 90 valence electrons. The number of rotatable bonds is 1. The van der Waals surface area contributed by atoms with Crippen LogP contribution in [-0.4, -0.2) is 9.97 Å². The van der Waals surface area contributed by atoms with Crippen LogP contribution in [-0.2, 0) is 6.18 Å². The second-order valence-electron chi connectivity index (χ2n) is 3.60. The predicted octanol–water partition coefficient (Wildman–Crippen LogP) is 3.54. The third-order valence-electron chi connectivity index (χ3n) is 2.25. The van der Waals surface area contributed by atoms with E-state index in [9.17, 15) is 17.6 Å². The summed E-state index contributed by atoms with van der Waals surface area (Å²) in [6.07, 6.45) is -3.20. The quantitative estimate of drug-likeness (QED) is 0.763. The maximum Gasteiger partial charge on any atom is 0.417 e. The maximum absolute atomic E-state index is 12.9. The zero-order valence-electron chi connectivity index (χ0n) is 8.77. The van der Waals surface area contributed by atoms with Crippen molar-refractivity contribution in [2.45, 2.75) is 13.1 Å². The van der Waals surface area contributed by atoms with Crippen molar-refractivity contribution < 1.29 is 17.6 Å². The van der Waals surface area contributed by atoms with Gasteiger partial charge in [0, 0.05) is 17.5 Å². The molecule has 0 spiro atoms. The Morgan fingerprint density at radius 1 is 1.24 bits per heavy atom. The molecule has 6 heteroatoms. The number of aromatic amines is 1. The summed E-state index contributed by atoms with van der Waals surface area (Å²) in [5.74, 6) is -0.848. The largest absolute Gasteiger partial charge is 0.417 e. The molecular formula is C11H8F4N2. The van der Waals surface area contributed by atoms with Crippen molar-refractivity contribution >= 4 is 0 Å². The van der Waals surface area contributed by atoms with Gasteiger partial charge in [-0.25, -0.2) is 9.37 Å². The Morgan fingerprint density at radius 3 is 2.47 bits per heavy atom. The maximum atomic E-state index is 12.9. The molecule has 2 rings (SSSR count). The van der Waals surface area contributed by atoms with Crippen LogP contribution in [0.1, 0.15) is 11.3 Å². The first kappa shape index (κ1) is 11.6. The molecule has 17 heavy (non-hydrogen) atoms. The molecule has 1 aromatic carbocycles. The van der Waals surface area contributed by atoms with E-state index in [1.165, 1.54) is 6.20 Å². The van der Waals surface area contributed by atoms with Crippen molar-refractivity contribution in [3.8, 4) is 11.4 Å². The van der Waals surface area contributed by atoms with Gasteiger partial charge in [0.1, 0.15) is 11.6 Å². The van der Waals surface area contributed by atoms with Gasteiger partial charge in [-0.2, -0.15) is 13.2 Å². The minimum atomic E-state index is -4.61. The number of hydrogen-bond donors (Lipinski definition) is 1. The summed E-state index contributed by atoms with van der Waals surface area (Å²) >= 11 is 0. The number of nitrogens with one attached hydrogen (secondary N) is 1. The molecule has 0 aliphatic carbocycles. The first-order valence-electron chi connectivity index (χ1n) is 4.76. The molecule has 0 saturated heterocycles. The van der Waals surface area contributed by atoms with Gasteiger partial charge >= 0.3 is 6.18 Å². The van der Waals surface area contributed by atoms with Gasteiger partial charge in [0.2, 0.25) is 0 Å². The molecule has 0 bridgehead atoms. The van der Waals surface area contributed by atoms with Gasteiger partial charge in [0.25, 0.3) is 0 Å². The molecule has 1 N–H and O–H groups in total. The number of alkyl halides is 3. The number of nitrogens with zero attached hydrogens (tertiary/aromatic N) is 1. The molecule has 0 unspecified atom stereocenters. The zero-order chi connectivity index (χ0) is 12.6. The molecule has 0 atom stereocenters. The first-order valence-corrected chi connectivity index (χ1v) is 4.76. The number of halogens is 4. The lowest BCUT2D eigenvalue weighted by molar-refractivity contribution is -0.137. The van der Waals surface area contributed by atoms with Crippen LogP contribution in [0, 0.1) is 12.7 Å². The zero-order valence-corrected chi connectivity index (χ0v) is 8.77. The SMILES string of the molecule is Cc1cnc(-c2ccc(F)cc2C(F)(F)F)[nH]1. The van der Waals surface area contributed by atoms with Crippen LogP contribution in [0.15, 0.2) is 24.4 Å². The molecule has 2 nitrogen and oxygen atoms in total. The Labute approximate surface area is 94.3 Å². The summed E-state index contributed by atoms with van der Waals surface area (Å²) in [5, 5.41) is 0. The standard InChI is InChI=1S/C11H8F4N2/c1-6-5-16-10(17-6)8-3-2-7(12)4-9(8)11(13,14)15/h2-5H,1H3,(H,16,17). The first-order chi connectivity index (χ1) is 7.88. The molecule has 0 aliphatic rings. The van der Waals surface area contributed by atoms with E-state index in [0.717, 1.165) is 12.1 Å². The fraction of sp³-hybridized carbons (Fsp3) is 0.182. The lowest BCUT2D eigenvalue weighted by Crippen LogP contribution is -2.08. The van der Waals surface area contributed by atoms with Crippen LogP contribution < -0.4 is 0 Å². The fourth-order valence-electron chi connectivity index (χ4n) is 1.51. The van der Waals surface area contributed by atoms with E-state index >= 15 is 0 Å². The molecule has 1 aromatic heterocycles. The fourth-order valence-corrected chi connectivity index (χ4v) is 1.51. The van der Waals surface area contributed by atoms with Crippen molar-refractivity contribution in [1.29, 1.82) is 0 Å². The van der Waals surface area contributed by atoms with Gasteiger partial charge in [0.15, 0.2) is 0 Å². The Kier molecular flexibility index (Phi) is 2.65. The van der Waals surface area contributed by atoms with Crippen molar-refractivity contribution in [3.05, 3.63) is 41.5 Å². The average Bonchev–Trinajstić information content (AvgIpc) is 2.63. The van der Waals surface area contributed by atoms with Gasteiger partial charge in [-0.1, -0.05) is 0 Å². The highest BCUT2D eigenvalue weighted by molar-refractivity contribution is 5.61. The van der Waals surface area contributed by atoms with Crippen LogP contribution in [0.2, 0.25) is 0 Å². The highest BCUT2D eigenvalue weighted by Crippen LogP contribution is 2.36. The van der Waals surface area contributed by atoms with Crippen molar-refractivity contribution in [2.75, 3.05) is 0 Å². The van der Waals surface area contributed by atoms with E-state index in [1.54, 1.807) is 6.92 Å². The van der Waals surface area contributed by atoms with Crippen molar-refractivity contribution in [1.82, 2.24) is 9.97 Å². The Bertz CT molecular complexity index is 543. The van der Waals surface area contributed by atoms with E-state index in [0.29, 0.717) is 11.8 Å². The van der Waals surface area contributed by atoms with Crippen molar-refractivity contribution in [3.63, 3.8) is 0 Å². The van der Waals surface area contributed by atoms with E-state index in [4.69, 9.17) is 0 Å². The molecule has 0 saturated carbocycles. The molecule has 0 fully saturated rings. The Balaban J connectivity index is 2.61. The van der Waals surface area contributed by atoms with E-state index < -0.39 is 17.6 Å². The number of H-pyrrole nitrogens is 1. The topological polar surface area (TPSA) is 28.7 Å². The van der Waals surface area contributed by atoms with E-state index in [-0.39, 0.29) is 11.4 Å². The lowest BCUT2D eigenvalue weighted by Gasteiger charge is -2.11. The Morgan fingerprint density at radius 2 is 1.94 bits per heavy atom. The summed E-state index contributed by atoms with van der Waals surface area (Å²) in [6, 6.07) is 2.51. The summed E-state index contributed by atoms with van der Waals surface area (Å²) in [4.78, 5) is 6.50. The van der Waals surface area contributed by atoms with Crippen LogP contribution in [0.4, 0.5) is 17.6 Å². The number of benzene rings is 1. The lowest BCUT2D eigenvalue weighted by atomic mass is 10.1.